The van der Waals surface area contributed by atoms with Gasteiger partial charge >= 0.3 is 5.97 Å². The van der Waals surface area contributed by atoms with Crippen molar-refractivity contribution in [1.29, 1.82) is 0 Å². The van der Waals surface area contributed by atoms with Gasteiger partial charge in [-0.25, -0.2) is 0 Å². The third-order valence-corrected chi connectivity index (χ3v) is 4.11. The second-order valence-electron chi connectivity index (χ2n) is 5.80. The number of benzene rings is 1. The Labute approximate surface area is 155 Å². The molecule has 0 radical (unpaired) electrons. The number of methoxy groups -OCH3 is 1. The van der Waals surface area contributed by atoms with Crippen LogP contribution in [0.5, 0.6) is 0 Å². The molecule has 0 spiro atoms. The summed E-state index contributed by atoms with van der Waals surface area (Å²) < 4.78 is 4.59. The van der Waals surface area contributed by atoms with Crippen molar-refractivity contribution < 1.29 is 14.3 Å². The maximum absolute atomic E-state index is 12.4. The molecule has 0 N–H and O–H groups in total. The standard InChI is InChI=1S/C20H26ClNO3/c1-4-14-22(20(24)16(2)8-13-19(23)25-3)15-6-5-7-17-9-11-18(21)12-10-17/h4,9-12H,1-2,5-8,13-15H2,3H3. The van der Waals surface area contributed by atoms with Gasteiger partial charge in [0.1, 0.15) is 0 Å². The molecule has 0 aliphatic rings. The summed E-state index contributed by atoms with van der Waals surface area (Å²) in [4.78, 5) is 25.4. The molecule has 0 atom stereocenters. The van der Waals surface area contributed by atoms with Gasteiger partial charge in [-0.15, -0.1) is 6.58 Å². The molecule has 136 valence electrons. The lowest BCUT2D eigenvalue weighted by atomic mass is 10.1. The fraction of sp³-hybridized carbons (Fsp3) is 0.400. The number of ether oxygens (including phenoxy) is 1. The molecule has 0 aliphatic heterocycles. The number of halogens is 1. The molecule has 0 heterocycles. The Bertz CT molecular complexity index is 595. The summed E-state index contributed by atoms with van der Waals surface area (Å²) in [6.07, 6.45) is 4.97. The van der Waals surface area contributed by atoms with Crippen LogP contribution in [0.1, 0.15) is 31.2 Å². The zero-order valence-electron chi connectivity index (χ0n) is 14.8. The van der Waals surface area contributed by atoms with Gasteiger partial charge in [-0.05, 0) is 43.4 Å². The first-order valence-corrected chi connectivity index (χ1v) is 8.75. The lowest BCUT2D eigenvalue weighted by Gasteiger charge is -2.22. The van der Waals surface area contributed by atoms with Crippen LogP contribution in [0, 0.1) is 0 Å². The van der Waals surface area contributed by atoms with E-state index in [2.05, 4.69) is 17.9 Å². The van der Waals surface area contributed by atoms with Crippen LogP contribution in [0.15, 0.2) is 49.1 Å². The molecule has 0 saturated heterocycles. The van der Waals surface area contributed by atoms with Gasteiger partial charge in [-0.1, -0.05) is 36.4 Å². The Balaban J connectivity index is 2.42. The minimum atomic E-state index is -0.341. The smallest absolute Gasteiger partial charge is 0.305 e. The highest BCUT2D eigenvalue weighted by molar-refractivity contribution is 6.30. The lowest BCUT2D eigenvalue weighted by Crippen LogP contribution is -2.33. The van der Waals surface area contributed by atoms with Gasteiger partial charge < -0.3 is 9.64 Å². The van der Waals surface area contributed by atoms with Crippen LogP contribution in [-0.2, 0) is 20.7 Å². The molecule has 25 heavy (non-hydrogen) atoms. The molecule has 1 aromatic rings. The van der Waals surface area contributed by atoms with Crippen LogP contribution in [0.4, 0.5) is 0 Å². The van der Waals surface area contributed by atoms with Crippen molar-refractivity contribution in [3.63, 3.8) is 0 Å². The van der Waals surface area contributed by atoms with Gasteiger partial charge in [0, 0.05) is 30.1 Å². The summed E-state index contributed by atoms with van der Waals surface area (Å²) in [5.74, 6) is -0.470. The molecule has 0 unspecified atom stereocenters. The number of esters is 1. The Morgan fingerprint density at radius 2 is 1.88 bits per heavy atom. The van der Waals surface area contributed by atoms with E-state index in [0.717, 1.165) is 24.3 Å². The van der Waals surface area contributed by atoms with Gasteiger partial charge in [0.15, 0.2) is 0 Å². The van der Waals surface area contributed by atoms with Gasteiger partial charge in [-0.3, -0.25) is 9.59 Å². The maximum atomic E-state index is 12.4. The molecule has 4 nitrogen and oxygen atoms in total. The SMILES string of the molecule is C=CCN(CCCCc1ccc(Cl)cc1)C(=O)C(=C)CCC(=O)OC. The Kier molecular flexibility index (Phi) is 9.63. The molecule has 0 aliphatic carbocycles. The van der Waals surface area contributed by atoms with Crippen molar-refractivity contribution in [2.45, 2.75) is 32.1 Å². The Hall–Kier alpha value is -2.07. The zero-order valence-corrected chi connectivity index (χ0v) is 15.6. The number of carbonyl (C=O) groups excluding carboxylic acids is 2. The van der Waals surface area contributed by atoms with Crippen molar-refractivity contribution in [3.05, 3.63) is 59.7 Å². The van der Waals surface area contributed by atoms with Gasteiger partial charge in [0.05, 0.1) is 7.11 Å². The van der Waals surface area contributed by atoms with E-state index < -0.39 is 0 Å². The third kappa shape index (κ3) is 8.03. The van der Waals surface area contributed by atoms with Crippen molar-refractivity contribution in [3.8, 4) is 0 Å². The molecule has 1 rings (SSSR count). The van der Waals surface area contributed by atoms with Crippen LogP contribution in [0.3, 0.4) is 0 Å². The molecule has 0 bridgehead atoms. The second kappa shape index (κ2) is 11.5. The second-order valence-corrected chi connectivity index (χ2v) is 6.24. The number of hydrogen-bond acceptors (Lipinski definition) is 3. The fourth-order valence-corrected chi connectivity index (χ4v) is 2.53. The van der Waals surface area contributed by atoms with E-state index >= 15 is 0 Å². The topological polar surface area (TPSA) is 46.6 Å². The molecular weight excluding hydrogens is 338 g/mol. The van der Waals surface area contributed by atoms with Gasteiger partial charge in [0.2, 0.25) is 5.91 Å². The first kappa shape index (κ1) is 21.0. The average molecular weight is 364 g/mol. The van der Waals surface area contributed by atoms with Gasteiger partial charge in [0.25, 0.3) is 0 Å². The number of aryl methyl sites for hydroxylation is 1. The van der Waals surface area contributed by atoms with Crippen LogP contribution in [0.25, 0.3) is 0 Å². The minimum Gasteiger partial charge on any atom is -0.469 e. The minimum absolute atomic E-state index is 0.129. The van der Waals surface area contributed by atoms with Crippen LogP contribution in [0.2, 0.25) is 5.02 Å². The van der Waals surface area contributed by atoms with E-state index in [9.17, 15) is 9.59 Å². The van der Waals surface area contributed by atoms with Crippen LogP contribution >= 0.6 is 11.6 Å². The number of unbranched alkanes of at least 4 members (excludes halogenated alkanes) is 1. The van der Waals surface area contributed by atoms with E-state index in [-0.39, 0.29) is 18.3 Å². The van der Waals surface area contributed by atoms with E-state index in [4.69, 9.17) is 11.6 Å². The zero-order chi connectivity index (χ0) is 18.7. The number of carbonyl (C=O) groups is 2. The number of hydrogen-bond donors (Lipinski definition) is 0. The highest BCUT2D eigenvalue weighted by Gasteiger charge is 2.16. The summed E-state index contributed by atoms with van der Waals surface area (Å²) in [7, 11) is 1.33. The molecule has 0 fully saturated rings. The van der Waals surface area contributed by atoms with Crippen molar-refractivity contribution in [1.82, 2.24) is 4.90 Å². The molecule has 0 aromatic heterocycles. The van der Waals surface area contributed by atoms with Crippen molar-refractivity contribution in [2.24, 2.45) is 0 Å². The van der Waals surface area contributed by atoms with Crippen molar-refractivity contribution >= 4 is 23.5 Å². The van der Waals surface area contributed by atoms with Crippen LogP contribution in [-0.4, -0.2) is 37.0 Å². The van der Waals surface area contributed by atoms with E-state index in [0.29, 0.717) is 25.1 Å². The monoisotopic (exact) mass is 363 g/mol. The molecular formula is C20H26ClNO3. The highest BCUT2D eigenvalue weighted by Crippen LogP contribution is 2.13. The maximum Gasteiger partial charge on any atom is 0.305 e. The number of nitrogens with zero attached hydrogens (tertiary/aromatic N) is 1. The Morgan fingerprint density at radius 3 is 2.48 bits per heavy atom. The predicted molar refractivity (Wildman–Crippen MR) is 102 cm³/mol. The number of rotatable bonds is 11. The quantitative estimate of drug-likeness (QED) is 0.256. The third-order valence-electron chi connectivity index (χ3n) is 3.85. The van der Waals surface area contributed by atoms with Crippen LogP contribution < -0.4 is 0 Å². The first-order chi connectivity index (χ1) is 12.0. The van der Waals surface area contributed by atoms with E-state index in [1.54, 1.807) is 11.0 Å². The predicted octanol–water partition coefficient (Wildman–Crippen LogP) is 4.19. The lowest BCUT2D eigenvalue weighted by molar-refractivity contribution is -0.140. The summed E-state index contributed by atoms with van der Waals surface area (Å²) in [5, 5.41) is 0.733. The summed E-state index contributed by atoms with van der Waals surface area (Å²) in [6, 6.07) is 7.80. The highest BCUT2D eigenvalue weighted by atomic mass is 35.5. The van der Waals surface area contributed by atoms with E-state index in [1.165, 1.54) is 12.7 Å². The fourth-order valence-electron chi connectivity index (χ4n) is 2.40. The molecule has 0 saturated carbocycles. The normalized spacial score (nSPS) is 10.2. The summed E-state index contributed by atoms with van der Waals surface area (Å²) in [6.45, 7) is 8.61. The molecule has 5 heteroatoms. The van der Waals surface area contributed by atoms with Gasteiger partial charge in [-0.2, -0.15) is 0 Å². The van der Waals surface area contributed by atoms with Crippen molar-refractivity contribution in [2.75, 3.05) is 20.2 Å². The summed E-state index contributed by atoms with van der Waals surface area (Å²) >= 11 is 5.88. The summed E-state index contributed by atoms with van der Waals surface area (Å²) in [5.41, 5.74) is 1.65. The first-order valence-electron chi connectivity index (χ1n) is 8.37. The van der Waals surface area contributed by atoms with E-state index in [1.807, 2.05) is 24.3 Å². The molecule has 1 aromatic carbocycles. The largest absolute Gasteiger partial charge is 0.469 e. The average Bonchev–Trinajstić information content (AvgIpc) is 2.62. The number of amides is 1. The Morgan fingerprint density at radius 1 is 1.20 bits per heavy atom. The molecule has 1 amide bonds.